The Morgan fingerprint density at radius 1 is 1.12 bits per heavy atom. The molecule has 0 spiro atoms. The molecule has 4 bridgehead atoms. The second kappa shape index (κ2) is 8.53. The largest absolute Gasteiger partial charge is 0.370 e. The van der Waals surface area contributed by atoms with Crippen LogP contribution in [0.25, 0.3) is 0 Å². The van der Waals surface area contributed by atoms with Gasteiger partial charge in [-0.05, 0) is 89.8 Å². The summed E-state index contributed by atoms with van der Waals surface area (Å²) >= 11 is 3.44. The lowest BCUT2D eigenvalue weighted by molar-refractivity contribution is -0.134. The topological polar surface area (TPSA) is 113 Å². The predicted molar refractivity (Wildman–Crippen MR) is 128 cm³/mol. The van der Waals surface area contributed by atoms with Crippen molar-refractivity contribution in [2.75, 3.05) is 23.9 Å². The Morgan fingerprint density at radius 3 is 2.48 bits per heavy atom. The van der Waals surface area contributed by atoms with Crippen molar-refractivity contribution in [3.05, 3.63) is 28.7 Å². The zero-order chi connectivity index (χ0) is 23.4. The molecule has 4 aliphatic carbocycles. The number of hydrogen-bond donors (Lipinski definition) is 2. The van der Waals surface area contributed by atoms with Crippen molar-refractivity contribution in [1.29, 1.82) is 0 Å². The summed E-state index contributed by atoms with van der Waals surface area (Å²) in [5.41, 5.74) is 6.13. The lowest BCUT2D eigenvalue weighted by Crippen LogP contribution is -2.61. The van der Waals surface area contributed by atoms with Gasteiger partial charge in [-0.2, -0.15) is 12.7 Å². The molecule has 1 aliphatic heterocycles. The van der Waals surface area contributed by atoms with Crippen LogP contribution in [-0.4, -0.2) is 50.2 Å². The molecule has 5 aliphatic rings. The molecule has 1 aromatic carbocycles. The molecule has 2 unspecified atom stereocenters. The summed E-state index contributed by atoms with van der Waals surface area (Å²) in [5, 5.41) is 3.19. The third-order valence-electron chi connectivity index (χ3n) is 8.09. The Morgan fingerprint density at radius 2 is 1.82 bits per heavy atom. The predicted octanol–water partition coefficient (Wildman–Crippen LogP) is 2.39. The van der Waals surface area contributed by atoms with Crippen molar-refractivity contribution in [2.24, 2.45) is 28.9 Å². The lowest BCUT2D eigenvalue weighted by Gasteiger charge is -2.60. The Kier molecular flexibility index (Phi) is 5.98. The maximum Gasteiger partial charge on any atom is 0.304 e. The van der Waals surface area contributed by atoms with E-state index in [9.17, 15) is 18.0 Å². The van der Waals surface area contributed by atoms with Crippen molar-refractivity contribution in [2.45, 2.75) is 51.0 Å². The third-order valence-corrected chi connectivity index (χ3v) is 10.7. The van der Waals surface area contributed by atoms with Crippen LogP contribution in [0.15, 0.2) is 28.7 Å². The number of nitrogens with zero attached hydrogens (tertiary/aromatic N) is 2. The first kappa shape index (κ1) is 23.1. The summed E-state index contributed by atoms with van der Waals surface area (Å²) in [7, 11) is -3.79. The number of para-hydroxylation sites is 1. The SMILES string of the molecule is NC(=O)CC12CC3CC(C1)C(NC(=O)CN1CCCN(c4ccccc4Br)S1(=O)=O)C(C3)C2. The molecule has 4 saturated carbocycles. The smallest absolute Gasteiger partial charge is 0.304 e. The van der Waals surface area contributed by atoms with Gasteiger partial charge < -0.3 is 11.1 Å². The van der Waals surface area contributed by atoms with E-state index in [0.29, 0.717) is 53.8 Å². The molecule has 3 N–H and O–H groups in total. The fraction of sp³-hybridized carbons (Fsp3) is 0.652. The first-order valence-electron chi connectivity index (χ1n) is 11.8. The molecule has 1 heterocycles. The van der Waals surface area contributed by atoms with E-state index in [0.717, 1.165) is 32.1 Å². The first-order valence-corrected chi connectivity index (χ1v) is 14.0. The highest BCUT2D eigenvalue weighted by Crippen LogP contribution is 2.61. The van der Waals surface area contributed by atoms with Crippen molar-refractivity contribution >= 4 is 43.6 Å². The minimum absolute atomic E-state index is 0.00332. The van der Waals surface area contributed by atoms with Crippen LogP contribution in [0.2, 0.25) is 0 Å². The lowest BCUT2D eigenvalue weighted by atomic mass is 9.47. The second-order valence-electron chi connectivity index (χ2n) is 10.4. The molecule has 5 fully saturated rings. The number of nitrogens with two attached hydrogens (primary N) is 1. The molecule has 2 amide bonds. The Balaban J connectivity index is 1.26. The Hall–Kier alpha value is -1.65. The van der Waals surface area contributed by atoms with Gasteiger partial charge in [0, 0.05) is 30.0 Å². The quantitative estimate of drug-likeness (QED) is 0.578. The van der Waals surface area contributed by atoms with Crippen LogP contribution in [0.4, 0.5) is 5.69 Å². The zero-order valence-corrected chi connectivity index (χ0v) is 21.0. The molecule has 10 heteroatoms. The molecule has 6 rings (SSSR count). The Labute approximate surface area is 203 Å². The summed E-state index contributed by atoms with van der Waals surface area (Å²) in [5.74, 6) is 0.815. The van der Waals surface area contributed by atoms with Crippen LogP contribution in [0.3, 0.4) is 0 Å². The average Bonchev–Trinajstić information content (AvgIpc) is 2.71. The highest BCUT2D eigenvalue weighted by atomic mass is 79.9. The highest BCUT2D eigenvalue weighted by Gasteiger charge is 2.56. The van der Waals surface area contributed by atoms with Crippen molar-refractivity contribution in [3.63, 3.8) is 0 Å². The van der Waals surface area contributed by atoms with Crippen molar-refractivity contribution < 1.29 is 18.0 Å². The molecule has 180 valence electrons. The second-order valence-corrected chi connectivity index (χ2v) is 13.1. The summed E-state index contributed by atoms with van der Waals surface area (Å²) in [6.45, 7) is 0.548. The number of rotatable bonds is 6. The van der Waals surface area contributed by atoms with E-state index in [1.165, 1.54) is 8.61 Å². The van der Waals surface area contributed by atoms with E-state index in [-0.39, 0.29) is 29.8 Å². The van der Waals surface area contributed by atoms with Gasteiger partial charge in [-0.15, -0.1) is 0 Å². The van der Waals surface area contributed by atoms with E-state index in [2.05, 4.69) is 21.2 Å². The van der Waals surface area contributed by atoms with Gasteiger partial charge >= 0.3 is 10.2 Å². The molecular formula is C23H31BrN4O4S. The van der Waals surface area contributed by atoms with E-state index in [4.69, 9.17) is 5.73 Å². The van der Waals surface area contributed by atoms with Gasteiger partial charge in [0.05, 0.1) is 12.2 Å². The fourth-order valence-corrected chi connectivity index (χ4v) is 9.53. The van der Waals surface area contributed by atoms with E-state index >= 15 is 0 Å². The van der Waals surface area contributed by atoms with Crippen LogP contribution < -0.4 is 15.4 Å². The van der Waals surface area contributed by atoms with Gasteiger partial charge in [0.2, 0.25) is 11.8 Å². The number of primary amides is 1. The monoisotopic (exact) mass is 538 g/mol. The number of anilines is 1. The van der Waals surface area contributed by atoms with Gasteiger partial charge in [0.1, 0.15) is 0 Å². The molecule has 33 heavy (non-hydrogen) atoms. The van der Waals surface area contributed by atoms with E-state index < -0.39 is 10.2 Å². The summed E-state index contributed by atoms with van der Waals surface area (Å²) in [4.78, 5) is 24.7. The van der Waals surface area contributed by atoms with Gasteiger partial charge in [-0.3, -0.25) is 13.9 Å². The maximum absolute atomic E-state index is 13.3. The number of carbonyl (C=O) groups is 2. The summed E-state index contributed by atoms with van der Waals surface area (Å²) in [6, 6.07) is 7.28. The molecule has 0 radical (unpaired) electrons. The van der Waals surface area contributed by atoms with Crippen LogP contribution in [-0.2, 0) is 19.8 Å². The third kappa shape index (κ3) is 4.30. The molecule has 8 nitrogen and oxygen atoms in total. The molecule has 1 aromatic rings. The zero-order valence-electron chi connectivity index (χ0n) is 18.6. The highest BCUT2D eigenvalue weighted by molar-refractivity contribution is 9.10. The van der Waals surface area contributed by atoms with E-state index in [1.807, 2.05) is 12.1 Å². The van der Waals surface area contributed by atoms with Crippen LogP contribution in [0.1, 0.15) is 44.9 Å². The summed E-state index contributed by atoms with van der Waals surface area (Å²) in [6.07, 6.45) is 6.14. The summed E-state index contributed by atoms with van der Waals surface area (Å²) < 4.78 is 30.0. The van der Waals surface area contributed by atoms with Crippen LogP contribution in [0.5, 0.6) is 0 Å². The number of hydrogen-bond acceptors (Lipinski definition) is 4. The molecule has 1 saturated heterocycles. The Bertz CT molecular complexity index is 1050. The number of amides is 2. The molecule has 2 atom stereocenters. The van der Waals surface area contributed by atoms with Gasteiger partial charge in [0.15, 0.2) is 0 Å². The average molecular weight is 539 g/mol. The fourth-order valence-electron chi connectivity index (χ4n) is 7.23. The minimum Gasteiger partial charge on any atom is -0.370 e. The van der Waals surface area contributed by atoms with Gasteiger partial charge in [-0.1, -0.05) is 12.1 Å². The van der Waals surface area contributed by atoms with Crippen molar-refractivity contribution in [1.82, 2.24) is 9.62 Å². The van der Waals surface area contributed by atoms with Crippen molar-refractivity contribution in [3.8, 4) is 0 Å². The standard InChI is InChI=1S/C23H31BrN4O4S/c24-18-4-1-2-5-19(18)28-7-3-6-27(33(28,31)32)14-21(30)26-22-16-8-15-9-17(22)12-23(10-15,11-16)13-20(25)29/h1-2,4-5,15-17,22H,3,6-14H2,(H2,25,29)(H,26,30). The number of benzene rings is 1. The molecular weight excluding hydrogens is 508 g/mol. The van der Waals surface area contributed by atoms with Gasteiger partial charge in [-0.25, -0.2) is 0 Å². The van der Waals surface area contributed by atoms with Crippen LogP contribution >= 0.6 is 15.9 Å². The van der Waals surface area contributed by atoms with E-state index in [1.54, 1.807) is 12.1 Å². The maximum atomic E-state index is 13.3. The number of nitrogens with one attached hydrogen (secondary N) is 1. The number of halogens is 1. The van der Waals surface area contributed by atoms with Crippen LogP contribution in [0, 0.1) is 23.2 Å². The first-order chi connectivity index (χ1) is 15.7. The minimum atomic E-state index is -3.79. The normalized spacial score (nSPS) is 34.9. The van der Waals surface area contributed by atoms with Gasteiger partial charge in [0.25, 0.3) is 0 Å². The molecule has 0 aromatic heterocycles. The number of carbonyl (C=O) groups excluding carboxylic acids is 2.